The minimum atomic E-state index is -3.83. The van der Waals surface area contributed by atoms with Gasteiger partial charge in [0.05, 0.1) is 11.4 Å². The van der Waals surface area contributed by atoms with Crippen molar-refractivity contribution in [2.75, 3.05) is 20.1 Å². The third-order valence-electron chi connectivity index (χ3n) is 5.08. The molecule has 168 valence electrons. The van der Waals surface area contributed by atoms with E-state index < -0.39 is 22.0 Å². The predicted molar refractivity (Wildman–Crippen MR) is 121 cm³/mol. The number of sulfonamides is 1. The van der Waals surface area contributed by atoms with Gasteiger partial charge in [0, 0.05) is 20.1 Å². The molecule has 1 atom stereocenters. The van der Waals surface area contributed by atoms with Crippen LogP contribution in [0.2, 0.25) is 0 Å². The lowest BCUT2D eigenvalue weighted by Crippen LogP contribution is -2.50. The largest absolute Gasteiger partial charge is 0.355 e. The highest BCUT2D eigenvalue weighted by Gasteiger charge is 2.30. The molecule has 2 rings (SSSR count). The van der Waals surface area contributed by atoms with Gasteiger partial charge < -0.3 is 10.2 Å². The summed E-state index contributed by atoms with van der Waals surface area (Å²) in [5.74, 6) is -0.732. The molecule has 0 spiro atoms. The van der Waals surface area contributed by atoms with Crippen LogP contribution in [-0.2, 0) is 26.2 Å². The molecule has 8 heteroatoms. The third kappa shape index (κ3) is 6.38. The maximum atomic E-state index is 13.1. The van der Waals surface area contributed by atoms with Crippen LogP contribution in [0.3, 0.4) is 0 Å². The molecule has 0 bridgehead atoms. The van der Waals surface area contributed by atoms with Gasteiger partial charge in [0.15, 0.2) is 0 Å². The van der Waals surface area contributed by atoms with Gasteiger partial charge in [-0.05, 0) is 45.4 Å². The van der Waals surface area contributed by atoms with E-state index in [1.165, 1.54) is 24.1 Å². The lowest BCUT2D eigenvalue weighted by atomic mass is 10.1. The maximum absolute atomic E-state index is 13.1. The Bertz CT molecular complexity index is 1000. The zero-order chi connectivity index (χ0) is 23.2. The average molecular weight is 446 g/mol. The highest BCUT2D eigenvalue weighted by atomic mass is 32.2. The number of carbonyl (C=O) groups is 2. The molecule has 2 aromatic carbocycles. The summed E-state index contributed by atoms with van der Waals surface area (Å²) in [5.41, 5.74) is 2.89. The van der Waals surface area contributed by atoms with Crippen LogP contribution in [0.5, 0.6) is 0 Å². The molecular formula is C23H31N3O4S. The van der Waals surface area contributed by atoms with Crippen LogP contribution in [-0.4, -0.2) is 55.6 Å². The minimum Gasteiger partial charge on any atom is -0.355 e. The summed E-state index contributed by atoms with van der Waals surface area (Å²) in [4.78, 5) is 27.1. The van der Waals surface area contributed by atoms with Crippen molar-refractivity contribution in [3.05, 3.63) is 65.2 Å². The van der Waals surface area contributed by atoms with Gasteiger partial charge >= 0.3 is 0 Å². The molecule has 0 heterocycles. The Morgan fingerprint density at radius 1 is 0.968 bits per heavy atom. The van der Waals surface area contributed by atoms with E-state index in [-0.39, 0.29) is 23.9 Å². The monoisotopic (exact) mass is 445 g/mol. The normalized spacial score (nSPS) is 12.5. The second-order valence-corrected chi connectivity index (χ2v) is 9.70. The lowest BCUT2D eigenvalue weighted by molar-refractivity contribution is -0.140. The first-order chi connectivity index (χ1) is 14.6. The smallest absolute Gasteiger partial charge is 0.243 e. The summed E-state index contributed by atoms with van der Waals surface area (Å²) >= 11 is 0. The van der Waals surface area contributed by atoms with Crippen molar-refractivity contribution >= 4 is 21.8 Å². The number of aryl methyl sites for hydroxylation is 2. The second-order valence-electron chi connectivity index (χ2n) is 7.65. The molecule has 0 saturated heterocycles. The molecule has 0 aliphatic heterocycles. The van der Waals surface area contributed by atoms with Crippen LogP contribution in [0.15, 0.2) is 53.4 Å². The Labute approximate surface area is 185 Å². The third-order valence-corrected chi connectivity index (χ3v) is 6.90. The zero-order valence-electron chi connectivity index (χ0n) is 18.8. The number of carbonyl (C=O) groups excluding carboxylic acids is 2. The van der Waals surface area contributed by atoms with Crippen molar-refractivity contribution in [1.82, 2.24) is 14.5 Å². The van der Waals surface area contributed by atoms with Crippen molar-refractivity contribution in [2.24, 2.45) is 0 Å². The molecule has 0 aromatic heterocycles. The molecule has 0 saturated carbocycles. The van der Waals surface area contributed by atoms with Gasteiger partial charge in [-0.25, -0.2) is 8.42 Å². The molecule has 0 aliphatic carbocycles. The van der Waals surface area contributed by atoms with Gasteiger partial charge in [-0.1, -0.05) is 47.5 Å². The SMILES string of the molecule is CCNC(=O)C(C)N(Cc1ccc(C)cc1)C(=O)CN(C)S(=O)(=O)c1ccc(C)cc1. The van der Waals surface area contributed by atoms with E-state index in [1.807, 2.05) is 38.1 Å². The molecule has 0 radical (unpaired) electrons. The van der Waals surface area contributed by atoms with Crippen LogP contribution in [0.1, 0.15) is 30.5 Å². The number of benzene rings is 2. The molecule has 2 amide bonds. The Kier molecular flexibility index (Phi) is 8.36. The van der Waals surface area contributed by atoms with Crippen LogP contribution in [0.25, 0.3) is 0 Å². The number of likely N-dealkylation sites (N-methyl/N-ethyl adjacent to an activating group) is 2. The Hall–Kier alpha value is -2.71. The van der Waals surface area contributed by atoms with Gasteiger partial charge in [0.2, 0.25) is 21.8 Å². The summed E-state index contributed by atoms with van der Waals surface area (Å²) in [6.45, 7) is 7.56. The fourth-order valence-corrected chi connectivity index (χ4v) is 4.17. The average Bonchev–Trinajstić information content (AvgIpc) is 2.73. The van der Waals surface area contributed by atoms with Crippen molar-refractivity contribution in [1.29, 1.82) is 0 Å². The van der Waals surface area contributed by atoms with Crippen molar-refractivity contribution in [2.45, 2.75) is 45.2 Å². The molecule has 2 aromatic rings. The number of hydrogen-bond acceptors (Lipinski definition) is 4. The molecule has 0 aliphatic rings. The summed E-state index contributed by atoms with van der Waals surface area (Å²) in [7, 11) is -2.46. The van der Waals surface area contributed by atoms with E-state index >= 15 is 0 Å². The van der Waals surface area contributed by atoms with Gasteiger partial charge in [-0.3, -0.25) is 9.59 Å². The number of amides is 2. The van der Waals surface area contributed by atoms with E-state index in [1.54, 1.807) is 26.0 Å². The second kappa shape index (κ2) is 10.5. The molecular weight excluding hydrogens is 414 g/mol. The minimum absolute atomic E-state index is 0.121. The van der Waals surface area contributed by atoms with E-state index in [9.17, 15) is 18.0 Å². The number of nitrogens with zero attached hydrogens (tertiary/aromatic N) is 2. The van der Waals surface area contributed by atoms with Crippen LogP contribution < -0.4 is 5.32 Å². The number of nitrogens with one attached hydrogen (secondary N) is 1. The molecule has 31 heavy (non-hydrogen) atoms. The zero-order valence-corrected chi connectivity index (χ0v) is 19.6. The Morgan fingerprint density at radius 2 is 1.48 bits per heavy atom. The first kappa shape index (κ1) is 24.6. The Morgan fingerprint density at radius 3 is 2.00 bits per heavy atom. The predicted octanol–water partition coefficient (Wildman–Crippen LogP) is 2.48. The van der Waals surface area contributed by atoms with E-state index in [0.29, 0.717) is 6.54 Å². The van der Waals surface area contributed by atoms with E-state index in [4.69, 9.17) is 0 Å². The maximum Gasteiger partial charge on any atom is 0.243 e. The highest BCUT2D eigenvalue weighted by Crippen LogP contribution is 2.17. The summed E-state index contributed by atoms with van der Waals surface area (Å²) in [6.07, 6.45) is 0. The van der Waals surface area contributed by atoms with Crippen molar-refractivity contribution in [3.63, 3.8) is 0 Å². The van der Waals surface area contributed by atoms with E-state index in [2.05, 4.69) is 5.32 Å². The molecule has 1 N–H and O–H groups in total. The summed E-state index contributed by atoms with van der Waals surface area (Å²) in [6, 6.07) is 13.4. The first-order valence-corrected chi connectivity index (χ1v) is 11.7. The number of rotatable bonds is 9. The fraction of sp³-hybridized carbons (Fsp3) is 0.391. The van der Waals surface area contributed by atoms with Gasteiger partial charge in [-0.15, -0.1) is 0 Å². The van der Waals surface area contributed by atoms with Crippen LogP contribution >= 0.6 is 0 Å². The first-order valence-electron chi connectivity index (χ1n) is 10.2. The number of hydrogen-bond donors (Lipinski definition) is 1. The fourth-order valence-electron chi connectivity index (χ4n) is 3.05. The highest BCUT2D eigenvalue weighted by molar-refractivity contribution is 7.89. The van der Waals surface area contributed by atoms with Crippen LogP contribution in [0, 0.1) is 13.8 Å². The molecule has 0 fully saturated rings. The summed E-state index contributed by atoms with van der Waals surface area (Å²) in [5, 5.41) is 2.73. The summed E-state index contributed by atoms with van der Waals surface area (Å²) < 4.78 is 26.8. The standard InChI is InChI=1S/C23H31N3O4S/c1-6-24-23(28)19(4)26(15-20-11-7-17(2)8-12-20)22(27)16-25(5)31(29,30)21-13-9-18(3)10-14-21/h7-14,19H,6,15-16H2,1-5H3,(H,24,28). The van der Waals surface area contributed by atoms with Gasteiger partial charge in [0.1, 0.15) is 6.04 Å². The van der Waals surface area contributed by atoms with Crippen molar-refractivity contribution < 1.29 is 18.0 Å². The van der Waals surface area contributed by atoms with E-state index in [0.717, 1.165) is 21.0 Å². The van der Waals surface area contributed by atoms with Crippen molar-refractivity contribution in [3.8, 4) is 0 Å². The van der Waals surface area contributed by atoms with Gasteiger partial charge in [-0.2, -0.15) is 4.31 Å². The quantitative estimate of drug-likeness (QED) is 0.642. The topological polar surface area (TPSA) is 86.8 Å². The molecule has 1 unspecified atom stereocenters. The van der Waals surface area contributed by atoms with Gasteiger partial charge in [0.25, 0.3) is 0 Å². The van der Waals surface area contributed by atoms with Crippen LogP contribution in [0.4, 0.5) is 0 Å². The molecule has 7 nitrogen and oxygen atoms in total. The lowest BCUT2D eigenvalue weighted by Gasteiger charge is -2.30. The Balaban J connectivity index is 2.25.